The van der Waals surface area contributed by atoms with Crippen molar-refractivity contribution in [3.63, 3.8) is 0 Å². The predicted molar refractivity (Wildman–Crippen MR) is 113 cm³/mol. The Hall–Kier alpha value is -0.870. The summed E-state index contributed by atoms with van der Waals surface area (Å²) in [4.78, 5) is 11.6. The molecule has 0 spiro atoms. The Labute approximate surface area is 168 Å². The third-order valence-electron chi connectivity index (χ3n) is 4.58. The average molecular weight is 385 g/mol. The van der Waals surface area contributed by atoms with Gasteiger partial charge in [-0.15, -0.1) is 6.58 Å². The minimum absolute atomic E-state index is 0.107. The maximum Gasteiger partial charge on any atom is 0.305 e. The fraction of sp³-hybridized carbons (Fsp3) is 0.870. The highest BCUT2D eigenvalue weighted by molar-refractivity contribution is 5.69. The van der Waals surface area contributed by atoms with Crippen LogP contribution in [0.2, 0.25) is 0 Å². The summed E-state index contributed by atoms with van der Waals surface area (Å²) in [7, 11) is 0. The number of esters is 1. The molecule has 0 radical (unpaired) electrons. The summed E-state index contributed by atoms with van der Waals surface area (Å²) < 4.78 is 15.7. The molecule has 0 aliphatic heterocycles. The van der Waals surface area contributed by atoms with Crippen LogP contribution in [0.3, 0.4) is 0 Å². The first-order valence-electron chi connectivity index (χ1n) is 11.2. The van der Waals surface area contributed by atoms with Crippen molar-refractivity contribution in [1.29, 1.82) is 0 Å². The Bertz CT molecular complexity index is 318. The minimum Gasteiger partial charge on any atom is -0.463 e. The Morgan fingerprint density at radius 3 is 1.74 bits per heavy atom. The lowest BCUT2D eigenvalue weighted by Crippen LogP contribution is -2.12. The van der Waals surface area contributed by atoms with Crippen LogP contribution in [0, 0.1) is 0 Å². The molecule has 160 valence electrons. The molecule has 0 saturated carbocycles. The molecule has 4 heteroatoms. The average Bonchev–Trinajstić information content (AvgIpc) is 2.67. The van der Waals surface area contributed by atoms with E-state index >= 15 is 0 Å². The van der Waals surface area contributed by atoms with Crippen molar-refractivity contribution in [2.24, 2.45) is 0 Å². The van der Waals surface area contributed by atoms with Gasteiger partial charge in [-0.3, -0.25) is 4.79 Å². The summed E-state index contributed by atoms with van der Waals surface area (Å²) in [6, 6.07) is 0. The fourth-order valence-electron chi connectivity index (χ4n) is 2.96. The Morgan fingerprint density at radius 2 is 1.19 bits per heavy atom. The van der Waals surface area contributed by atoms with Gasteiger partial charge >= 0.3 is 5.97 Å². The molecular formula is C23H44O4. The fourth-order valence-corrected chi connectivity index (χ4v) is 2.96. The molecule has 0 N–H and O–H groups in total. The van der Waals surface area contributed by atoms with Gasteiger partial charge in [0.05, 0.1) is 26.4 Å². The largest absolute Gasteiger partial charge is 0.463 e. The van der Waals surface area contributed by atoms with Crippen LogP contribution in [0.5, 0.6) is 0 Å². The van der Waals surface area contributed by atoms with Gasteiger partial charge in [-0.2, -0.15) is 0 Å². The molecule has 0 rings (SSSR count). The molecular weight excluding hydrogens is 340 g/mol. The second kappa shape index (κ2) is 23.2. The molecule has 0 amide bonds. The van der Waals surface area contributed by atoms with Crippen LogP contribution >= 0.6 is 0 Å². The van der Waals surface area contributed by atoms with Gasteiger partial charge in [0.1, 0.15) is 6.61 Å². The highest BCUT2D eigenvalue weighted by Gasteiger charge is 2.02. The first-order chi connectivity index (χ1) is 13.3. The molecule has 0 aromatic rings. The van der Waals surface area contributed by atoms with E-state index < -0.39 is 0 Å². The van der Waals surface area contributed by atoms with E-state index in [0.29, 0.717) is 39.5 Å². The third-order valence-corrected chi connectivity index (χ3v) is 4.58. The number of ether oxygens (including phenoxy) is 3. The number of hydrogen-bond donors (Lipinski definition) is 0. The summed E-state index contributed by atoms with van der Waals surface area (Å²) in [5, 5.41) is 0. The van der Waals surface area contributed by atoms with E-state index in [2.05, 4.69) is 13.5 Å². The van der Waals surface area contributed by atoms with Gasteiger partial charge in [0.25, 0.3) is 0 Å². The van der Waals surface area contributed by atoms with Gasteiger partial charge < -0.3 is 14.2 Å². The maximum atomic E-state index is 11.6. The number of hydrogen-bond acceptors (Lipinski definition) is 4. The molecule has 0 aliphatic carbocycles. The number of carbonyl (C=O) groups excluding carboxylic acids is 1. The topological polar surface area (TPSA) is 44.8 Å². The quantitative estimate of drug-likeness (QED) is 0.126. The smallest absolute Gasteiger partial charge is 0.305 e. The highest BCUT2D eigenvalue weighted by atomic mass is 16.6. The number of unbranched alkanes of at least 4 members (excludes halogenated alkanes) is 12. The molecule has 0 fully saturated rings. The Balaban J connectivity index is 3.13. The van der Waals surface area contributed by atoms with Crippen LogP contribution in [-0.2, 0) is 19.0 Å². The van der Waals surface area contributed by atoms with Gasteiger partial charge in [-0.1, -0.05) is 90.0 Å². The van der Waals surface area contributed by atoms with Crippen LogP contribution in [0.4, 0.5) is 0 Å². The zero-order valence-electron chi connectivity index (χ0n) is 17.9. The highest BCUT2D eigenvalue weighted by Crippen LogP contribution is 2.13. The van der Waals surface area contributed by atoms with Crippen molar-refractivity contribution >= 4 is 5.97 Å². The molecule has 0 aromatic carbocycles. The SMILES string of the molecule is C=CCOCCOCCOC(=O)CCCCCCCCCCCCCCC. The molecule has 0 bridgehead atoms. The zero-order chi connectivity index (χ0) is 19.8. The van der Waals surface area contributed by atoms with Crippen molar-refractivity contribution in [2.75, 3.05) is 33.0 Å². The van der Waals surface area contributed by atoms with Crippen LogP contribution in [0.25, 0.3) is 0 Å². The molecule has 0 aliphatic rings. The van der Waals surface area contributed by atoms with E-state index in [9.17, 15) is 4.79 Å². The summed E-state index contributed by atoms with van der Waals surface area (Å²) in [6.07, 6.45) is 19.3. The summed E-state index contributed by atoms with van der Waals surface area (Å²) in [5.41, 5.74) is 0. The van der Waals surface area contributed by atoms with E-state index in [1.54, 1.807) is 6.08 Å². The van der Waals surface area contributed by atoms with E-state index in [0.717, 1.165) is 12.8 Å². The third kappa shape index (κ3) is 23.1. The van der Waals surface area contributed by atoms with Gasteiger partial charge in [0.2, 0.25) is 0 Å². The Morgan fingerprint density at radius 1 is 0.704 bits per heavy atom. The predicted octanol–water partition coefficient (Wildman–Crippen LogP) is 6.23. The minimum atomic E-state index is -0.107. The molecule has 27 heavy (non-hydrogen) atoms. The molecule has 4 nitrogen and oxygen atoms in total. The van der Waals surface area contributed by atoms with Gasteiger partial charge in [0, 0.05) is 6.42 Å². The van der Waals surface area contributed by atoms with Crippen molar-refractivity contribution in [3.8, 4) is 0 Å². The van der Waals surface area contributed by atoms with Gasteiger partial charge in [-0.25, -0.2) is 0 Å². The van der Waals surface area contributed by atoms with E-state index in [1.807, 2.05) is 0 Å². The lowest BCUT2D eigenvalue weighted by atomic mass is 10.0. The zero-order valence-corrected chi connectivity index (χ0v) is 17.9. The normalized spacial score (nSPS) is 10.9. The summed E-state index contributed by atoms with van der Waals surface area (Å²) >= 11 is 0. The first kappa shape index (κ1) is 26.1. The second-order valence-electron chi connectivity index (χ2n) is 7.19. The summed E-state index contributed by atoms with van der Waals surface area (Å²) in [5.74, 6) is -0.107. The van der Waals surface area contributed by atoms with E-state index in [-0.39, 0.29) is 5.97 Å². The number of rotatable bonds is 22. The van der Waals surface area contributed by atoms with Crippen LogP contribution in [0.1, 0.15) is 96.8 Å². The maximum absolute atomic E-state index is 11.6. The van der Waals surface area contributed by atoms with Gasteiger partial charge in [0.15, 0.2) is 0 Å². The molecule has 0 saturated heterocycles. The molecule has 0 atom stereocenters. The van der Waals surface area contributed by atoms with Crippen LogP contribution in [-0.4, -0.2) is 39.0 Å². The van der Waals surface area contributed by atoms with Crippen molar-refractivity contribution in [3.05, 3.63) is 12.7 Å². The van der Waals surface area contributed by atoms with E-state index in [4.69, 9.17) is 14.2 Å². The van der Waals surface area contributed by atoms with E-state index in [1.165, 1.54) is 70.6 Å². The molecule has 0 unspecified atom stereocenters. The summed E-state index contributed by atoms with van der Waals surface area (Å²) in [6.45, 7) is 8.20. The van der Waals surface area contributed by atoms with Crippen molar-refractivity contribution in [1.82, 2.24) is 0 Å². The Kier molecular flexibility index (Phi) is 22.4. The monoisotopic (exact) mass is 384 g/mol. The molecule has 0 aromatic heterocycles. The van der Waals surface area contributed by atoms with Crippen molar-refractivity contribution < 1.29 is 19.0 Å². The number of carbonyl (C=O) groups is 1. The lowest BCUT2D eigenvalue weighted by molar-refractivity contribution is -0.145. The lowest BCUT2D eigenvalue weighted by Gasteiger charge is -2.06. The first-order valence-corrected chi connectivity index (χ1v) is 11.2. The standard InChI is InChI=1S/C23H44O4/c1-3-5-6-7-8-9-10-11-12-13-14-15-16-17-23(24)27-22-21-26-20-19-25-18-4-2/h4H,2-3,5-22H2,1H3. The van der Waals surface area contributed by atoms with Crippen molar-refractivity contribution in [2.45, 2.75) is 96.8 Å². The van der Waals surface area contributed by atoms with Crippen LogP contribution in [0.15, 0.2) is 12.7 Å². The van der Waals surface area contributed by atoms with Crippen LogP contribution < -0.4 is 0 Å². The van der Waals surface area contributed by atoms with Gasteiger partial charge in [-0.05, 0) is 6.42 Å². The second-order valence-corrected chi connectivity index (χ2v) is 7.19. The molecule has 0 heterocycles.